The molecule has 1 aliphatic rings. The van der Waals surface area contributed by atoms with Gasteiger partial charge in [-0.25, -0.2) is 0 Å². The average Bonchev–Trinajstić information content (AvgIpc) is 3.20. The fourth-order valence-electron chi connectivity index (χ4n) is 8.57. The summed E-state index contributed by atoms with van der Waals surface area (Å²) >= 11 is 0. The maximum absolute atomic E-state index is 2.72. The zero-order valence-corrected chi connectivity index (χ0v) is 31.9. The third-order valence-electron chi connectivity index (χ3n) is 11.5. The molecule has 0 saturated carbocycles. The zero-order valence-electron chi connectivity index (χ0n) is 31.9. The van der Waals surface area contributed by atoms with Crippen LogP contribution in [0, 0.1) is 13.8 Å². The number of anilines is 2. The third kappa shape index (κ3) is 7.30. The topological polar surface area (TPSA) is 6.48 Å². The number of hydrogen-bond donors (Lipinski definition) is 0. The maximum Gasteiger partial charge on any atom is 0.0903 e. The average molecular weight is 683 g/mol. The van der Waals surface area contributed by atoms with Gasteiger partial charge in [0, 0.05) is 48.1 Å². The molecule has 0 N–H and O–H groups in total. The molecule has 0 aromatic heterocycles. The van der Waals surface area contributed by atoms with Gasteiger partial charge in [0.1, 0.15) is 0 Å². The van der Waals surface area contributed by atoms with Crippen LogP contribution in [0.15, 0.2) is 146 Å². The molecule has 4 atom stereocenters. The lowest BCUT2D eigenvalue weighted by atomic mass is 9.83. The first-order valence-corrected chi connectivity index (χ1v) is 19.3. The molecule has 1 fully saturated rings. The first-order chi connectivity index (χ1) is 25.3. The molecule has 1 saturated heterocycles. The molecule has 2 heteroatoms. The highest BCUT2D eigenvalue weighted by Crippen LogP contribution is 2.45. The Labute approximate surface area is 312 Å². The van der Waals surface area contributed by atoms with E-state index in [-0.39, 0.29) is 23.7 Å². The lowest BCUT2D eigenvalue weighted by molar-refractivity contribution is 0.603. The van der Waals surface area contributed by atoms with Crippen LogP contribution in [0.1, 0.15) is 113 Å². The van der Waals surface area contributed by atoms with E-state index in [9.17, 15) is 0 Å². The summed E-state index contributed by atoms with van der Waals surface area (Å²) < 4.78 is 0. The Balaban J connectivity index is 1.39. The van der Waals surface area contributed by atoms with E-state index in [4.69, 9.17) is 0 Å². The zero-order chi connectivity index (χ0) is 36.2. The van der Waals surface area contributed by atoms with Crippen molar-refractivity contribution >= 4 is 11.4 Å². The predicted octanol–water partition coefficient (Wildman–Crippen LogP) is 12.6. The molecule has 6 aromatic rings. The Morgan fingerprint density at radius 2 is 0.635 bits per heavy atom. The molecule has 52 heavy (non-hydrogen) atoms. The van der Waals surface area contributed by atoms with Crippen molar-refractivity contribution in [1.82, 2.24) is 0 Å². The van der Waals surface area contributed by atoms with Gasteiger partial charge < -0.3 is 9.80 Å². The van der Waals surface area contributed by atoms with E-state index in [1.54, 1.807) is 0 Å². The summed E-state index contributed by atoms with van der Waals surface area (Å²) in [6.45, 7) is 17.0. The van der Waals surface area contributed by atoms with Gasteiger partial charge in [0.25, 0.3) is 0 Å². The highest BCUT2D eigenvalue weighted by molar-refractivity contribution is 5.70. The summed E-state index contributed by atoms with van der Waals surface area (Å²) in [5, 5.41) is 0. The second kappa shape index (κ2) is 15.7. The largest absolute Gasteiger partial charge is 0.353 e. The van der Waals surface area contributed by atoms with Crippen molar-refractivity contribution in [3.63, 3.8) is 0 Å². The summed E-state index contributed by atoms with van der Waals surface area (Å²) in [4.78, 5) is 5.44. The lowest BCUT2D eigenvalue weighted by Crippen LogP contribution is -2.46. The van der Waals surface area contributed by atoms with Gasteiger partial charge in [0.15, 0.2) is 0 Å². The smallest absolute Gasteiger partial charge is 0.0903 e. The summed E-state index contributed by atoms with van der Waals surface area (Å²) in [7, 11) is 0. The Morgan fingerprint density at radius 1 is 0.385 bits per heavy atom. The van der Waals surface area contributed by atoms with E-state index in [0.29, 0.717) is 0 Å². The maximum atomic E-state index is 2.72. The normalized spacial score (nSPS) is 15.6. The summed E-state index contributed by atoms with van der Waals surface area (Å²) in [5.74, 6) is 1.04. The fourth-order valence-corrected chi connectivity index (χ4v) is 8.57. The van der Waals surface area contributed by atoms with Gasteiger partial charge in [-0.2, -0.15) is 0 Å². The van der Waals surface area contributed by atoms with Crippen molar-refractivity contribution < 1.29 is 0 Å². The minimum Gasteiger partial charge on any atom is -0.353 e. The van der Waals surface area contributed by atoms with Crippen LogP contribution in [0.25, 0.3) is 0 Å². The van der Waals surface area contributed by atoms with Gasteiger partial charge >= 0.3 is 0 Å². The molecular formula is C50H54N2. The number of benzene rings is 6. The molecule has 0 amide bonds. The molecule has 7 rings (SSSR count). The fraction of sp³-hybridized carbons (Fsp3) is 0.280. The van der Waals surface area contributed by atoms with Crippen LogP contribution in [0.3, 0.4) is 0 Å². The van der Waals surface area contributed by atoms with Crippen molar-refractivity contribution in [2.45, 2.75) is 71.6 Å². The van der Waals surface area contributed by atoms with Crippen LogP contribution in [0.2, 0.25) is 0 Å². The molecule has 6 aromatic carbocycles. The van der Waals surface area contributed by atoms with Crippen molar-refractivity contribution in [2.75, 3.05) is 29.6 Å². The quantitative estimate of drug-likeness (QED) is 0.142. The number of nitrogens with zero attached hydrogens (tertiary/aromatic N) is 2. The molecule has 0 aliphatic carbocycles. The molecule has 0 radical (unpaired) electrons. The first kappa shape index (κ1) is 35.3. The Kier molecular flexibility index (Phi) is 10.6. The van der Waals surface area contributed by atoms with Crippen molar-refractivity contribution in [3.05, 3.63) is 201 Å². The van der Waals surface area contributed by atoms with Crippen LogP contribution in [0.4, 0.5) is 11.4 Å². The minimum atomic E-state index is 0.259. The Hall–Kier alpha value is -5.08. The third-order valence-corrected chi connectivity index (χ3v) is 11.5. The van der Waals surface area contributed by atoms with E-state index >= 15 is 0 Å². The summed E-state index contributed by atoms with van der Waals surface area (Å²) in [6.07, 6.45) is 1.10. The Morgan fingerprint density at radius 3 is 0.885 bits per heavy atom. The van der Waals surface area contributed by atoms with Crippen LogP contribution >= 0.6 is 0 Å². The molecule has 0 bridgehead atoms. The summed E-state index contributed by atoms with van der Waals surface area (Å²) in [6, 6.07) is 54.1. The number of aryl methyl sites for hydroxylation is 2. The van der Waals surface area contributed by atoms with Gasteiger partial charge in [-0.05, 0) is 64.8 Å². The van der Waals surface area contributed by atoms with Gasteiger partial charge in [-0.3, -0.25) is 0 Å². The summed E-state index contributed by atoms with van der Waals surface area (Å²) in [5.41, 5.74) is 16.6. The van der Waals surface area contributed by atoms with Gasteiger partial charge in [0.05, 0.1) is 6.67 Å². The number of hydrogen-bond acceptors (Lipinski definition) is 2. The molecule has 4 unspecified atom stereocenters. The van der Waals surface area contributed by atoms with Crippen molar-refractivity contribution in [3.8, 4) is 0 Å². The highest BCUT2D eigenvalue weighted by atomic mass is 15.3. The van der Waals surface area contributed by atoms with E-state index in [0.717, 1.165) is 26.2 Å². The predicted molar refractivity (Wildman–Crippen MR) is 222 cm³/mol. The van der Waals surface area contributed by atoms with Crippen molar-refractivity contribution in [2.24, 2.45) is 0 Å². The van der Waals surface area contributed by atoms with E-state index in [1.807, 2.05) is 0 Å². The van der Waals surface area contributed by atoms with Gasteiger partial charge in [-0.15, -0.1) is 0 Å². The van der Waals surface area contributed by atoms with Gasteiger partial charge in [0.2, 0.25) is 0 Å². The second-order valence-electron chi connectivity index (χ2n) is 15.1. The van der Waals surface area contributed by atoms with Crippen molar-refractivity contribution in [1.29, 1.82) is 0 Å². The van der Waals surface area contributed by atoms with Crippen LogP contribution < -0.4 is 9.80 Å². The molecule has 0 spiro atoms. The van der Waals surface area contributed by atoms with E-state index < -0.39 is 0 Å². The lowest BCUT2D eigenvalue weighted by Gasteiger charge is -2.43. The standard InChI is InChI=1S/C50H54N2/c1-35-30-45(37(3)41-20-11-7-12-21-41)49(46(31-35)38(4)42-22-13-8-14-23-42)51-28-19-29-52(34-51)50-47(39(5)43-24-15-9-16-25-43)32-36(2)33-48(50)40(6)44-26-17-10-18-27-44/h7-18,20-27,30-33,37-40H,19,28-29,34H2,1-6H3. The molecule has 2 nitrogen and oxygen atoms in total. The highest BCUT2D eigenvalue weighted by Gasteiger charge is 2.31. The van der Waals surface area contributed by atoms with Crippen LogP contribution in [-0.4, -0.2) is 19.8 Å². The van der Waals surface area contributed by atoms with Crippen LogP contribution in [-0.2, 0) is 0 Å². The first-order valence-electron chi connectivity index (χ1n) is 19.3. The van der Waals surface area contributed by atoms with E-state index in [1.165, 1.54) is 67.0 Å². The molecule has 264 valence electrons. The SMILES string of the molecule is Cc1cc(C(C)c2ccccc2)c(N2CCCN(c3c(C(C)c4ccccc4)cc(C)cc3C(C)c3ccccc3)C2)c(C(C)c2ccccc2)c1. The molecular weight excluding hydrogens is 629 g/mol. The second-order valence-corrected chi connectivity index (χ2v) is 15.1. The van der Waals surface area contributed by atoms with Gasteiger partial charge in [-0.1, -0.05) is 184 Å². The minimum absolute atomic E-state index is 0.259. The monoisotopic (exact) mass is 682 g/mol. The number of rotatable bonds is 10. The van der Waals surface area contributed by atoms with E-state index in [2.05, 4.69) is 197 Å². The molecule has 1 heterocycles. The Bertz CT molecular complexity index is 1790. The molecule has 1 aliphatic heterocycles. The van der Waals surface area contributed by atoms with Crippen LogP contribution in [0.5, 0.6) is 0 Å².